The Bertz CT molecular complexity index is 560. The van der Waals surface area contributed by atoms with E-state index in [9.17, 15) is 9.59 Å². The van der Waals surface area contributed by atoms with Crippen LogP contribution in [0.5, 0.6) is 0 Å². The molecule has 0 amide bonds. The molecule has 1 heterocycles. The van der Waals surface area contributed by atoms with Crippen LogP contribution in [0.25, 0.3) is 0 Å². The number of nitrogens with one attached hydrogen (secondary N) is 1. The van der Waals surface area contributed by atoms with E-state index in [1.165, 1.54) is 17.8 Å². The van der Waals surface area contributed by atoms with Gasteiger partial charge in [0.2, 0.25) is 0 Å². The van der Waals surface area contributed by atoms with Gasteiger partial charge in [0.25, 0.3) is 5.56 Å². The van der Waals surface area contributed by atoms with E-state index in [0.29, 0.717) is 30.3 Å². The summed E-state index contributed by atoms with van der Waals surface area (Å²) in [5, 5.41) is 0.738. The molecule has 1 saturated carbocycles. The summed E-state index contributed by atoms with van der Waals surface area (Å²) in [5.74, 6) is -0.339. The van der Waals surface area contributed by atoms with Gasteiger partial charge in [-0.15, -0.1) is 0 Å². The lowest BCUT2D eigenvalue weighted by Gasteiger charge is -2.21. The fourth-order valence-electron chi connectivity index (χ4n) is 2.36. The highest BCUT2D eigenvalue weighted by molar-refractivity contribution is 7.99. The second kappa shape index (κ2) is 5.97. The van der Waals surface area contributed by atoms with E-state index in [-0.39, 0.29) is 16.8 Å². The lowest BCUT2D eigenvalue weighted by molar-refractivity contribution is -0.149. The number of carbonyl (C=O) groups is 1. The zero-order valence-electron chi connectivity index (χ0n) is 11.6. The minimum Gasteiger partial charge on any atom is -0.465 e. The van der Waals surface area contributed by atoms with Crippen molar-refractivity contribution >= 4 is 17.7 Å². The number of esters is 1. The molecule has 20 heavy (non-hydrogen) atoms. The SMILES string of the molecule is CCOC(=O)C1(N)CCC(Sc2nc(C)cc(=O)[nH]2)C1. The van der Waals surface area contributed by atoms with Gasteiger partial charge in [-0.2, -0.15) is 0 Å². The highest BCUT2D eigenvalue weighted by atomic mass is 32.2. The third kappa shape index (κ3) is 3.40. The van der Waals surface area contributed by atoms with Crippen molar-refractivity contribution < 1.29 is 9.53 Å². The van der Waals surface area contributed by atoms with Crippen LogP contribution in [0, 0.1) is 6.92 Å². The van der Waals surface area contributed by atoms with Crippen LogP contribution in [-0.2, 0) is 9.53 Å². The number of carbonyl (C=O) groups excluding carboxylic acids is 1. The zero-order chi connectivity index (χ0) is 14.8. The van der Waals surface area contributed by atoms with Crippen molar-refractivity contribution in [3.05, 3.63) is 22.1 Å². The molecule has 6 nitrogen and oxygen atoms in total. The van der Waals surface area contributed by atoms with Crippen molar-refractivity contribution in [1.82, 2.24) is 9.97 Å². The maximum Gasteiger partial charge on any atom is 0.326 e. The van der Waals surface area contributed by atoms with Crippen LogP contribution in [0.15, 0.2) is 16.0 Å². The van der Waals surface area contributed by atoms with E-state index >= 15 is 0 Å². The number of rotatable bonds is 4. The van der Waals surface area contributed by atoms with Gasteiger partial charge in [0.1, 0.15) is 5.54 Å². The van der Waals surface area contributed by atoms with E-state index < -0.39 is 5.54 Å². The Kier molecular flexibility index (Phi) is 4.49. The maximum absolute atomic E-state index is 11.8. The van der Waals surface area contributed by atoms with Gasteiger partial charge in [0.05, 0.1) is 6.61 Å². The average Bonchev–Trinajstić information content (AvgIpc) is 2.71. The van der Waals surface area contributed by atoms with Gasteiger partial charge < -0.3 is 15.5 Å². The largest absolute Gasteiger partial charge is 0.465 e. The summed E-state index contributed by atoms with van der Waals surface area (Å²) < 4.78 is 5.02. The second-order valence-electron chi connectivity index (χ2n) is 5.05. The van der Waals surface area contributed by atoms with E-state index in [1.807, 2.05) is 0 Å². The lowest BCUT2D eigenvalue weighted by atomic mass is 10.00. The second-order valence-corrected chi connectivity index (χ2v) is 6.34. The van der Waals surface area contributed by atoms with Gasteiger partial charge in [-0.3, -0.25) is 9.59 Å². The molecule has 1 aromatic heterocycles. The van der Waals surface area contributed by atoms with Crippen LogP contribution in [0.2, 0.25) is 0 Å². The molecule has 2 rings (SSSR count). The number of hydrogen-bond donors (Lipinski definition) is 2. The van der Waals surface area contributed by atoms with Crippen molar-refractivity contribution in [3.8, 4) is 0 Å². The van der Waals surface area contributed by atoms with Crippen molar-refractivity contribution in [3.63, 3.8) is 0 Å². The summed E-state index contributed by atoms with van der Waals surface area (Å²) in [4.78, 5) is 30.2. The molecule has 1 aromatic rings. The molecule has 1 fully saturated rings. The number of thioether (sulfide) groups is 1. The number of H-pyrrole nitrogens is 1. The van der Waals surface area contributed by atoms with E-state index in [2.05, 4.69) is 9.97 Å². The van der Waals surface area contributed by atoms with E-state index in [1.54, 1.807) is 13.8 Å². The Balaban J connectivity index is 2.03. The molecule has 3 N–H and O–H groups in total. The number of aromatic nitrogens is 2. The van der Waals surface area contributed by atoms with Crippen LogP contribution < -0.4 is 11.3 Å². The Hall–Kier alpha value is -1.34. The molecule has 1 aliphatic rings. The highest BCUT2D eigenvalue weighted by Crippen LogP contribution is 2.38. The topological polar surface area (TPSA) is 98.1 Å². The Morgan fingerprint density at radius 1 is 1.70 bits per heavy atom. The van der Waals surface area contributed by atoms with Crippen molar-refractivity contribution in [2.24, 2.45) is 5.73 Å². The first kappa shape index (κ1) is 15.1. The monoisotopic (exact) mass is 297 g/mol. The molecule has 1 aliphatic carbocycles. The summed E-state index contributed by atoms with van der Waals surface area (Å²) in [6.07, 6.45) is 1.94. The molecule has 0 radical (unpaired) electrons. The summed E-state index contributed by atoms with van der Waals surface area (Å²) in [6, 6.07) is 1.45. The van der Waals surface area contributed by atoms with Gasteiger partial charge >= 0.3 is 5.97 Å². The molecule has 0 aliphatic heterocycles. The quantitative estimate of drug-likeness (QED) is 0.635. The number of ether oxygens (including phenoxy) is 1. The number of hydrogen-bond acceptors (Lipinski definition) is 6. The smallest absolute Gasteiger partial charge is 0.326 e. The Labute approximate surface area is 121 Å². The number of nitrogens with two attached hydrogens (primary N) is 1. The Morgan fingerprint density at radius 3 is 3.10 bits per heavy atom. The molecule has 0 saturated heterocycles. The number of aromatic amines is 1. The van der Waals surface area contributed by atoms with Gasteiger partial charge in [-0.05, 0) is 33.1 Å². The lowest BCUT2D eigenvalue weighted by Crippen LogP contribution is -2.47. The molecule has 0 spiro atoms. The van der Waals surface area contributed by atoms with Crippen molar-refractivity contribution in [1.29, 1.82) is 0 Å². The first-order valence-electron chi connectivity index (χ1n) is 6.63. The molecule has 7 heteroatoms. The van der Waals surface area contributed by atoms with E-state index in [0.717, 1.165) is 6.42 Å². The minimum atomic E-state index is -0.905. The van der Waals surface area contributed by atoms with Crippen LogP contribution in [0.4, 0.5) is 0 Å². The molecule has 2 atom stereocenters. The minimum absolute atomic E-state index is 0.161. The summed E-state index contributed by atoms with van der Waals surface area (Å²) in [7, 11) is 0. The number of aryl methyl sites for hydroxylation is 1. The van der Waals surface area contributed by atoms with Crippen LogP contribution >= 0.6 is 11.8 Å². The van der Waals surface area contributed by atoms with Gasteiger partial charge in [-0.25, -0.2) is 4.98 Å². The fraction of sp³-hybridized carbons (Fsp3) is 0.615. The predicted molar refractivity (Wildman–Crippen MR) is 76.6 cm³/mol. The third-order valence-corrected chi connectivity index (χ3v) is 4.46. The molecular formula is C13H19N3O3S. The molecular weight excluding hydrogens is 278 g/mol. The van der Waals surface area contributed by atoms with E-state index in [4.69, 9.17) is 10.5 Å². The molecule has 0 bridgehead atoms. The average molecular weight is 297 g/mol. The fourth-order valence-corrected chi connectivity index (χ4v) is 3.64. The number of nitrogens with zero attached hydrogens (tertiary/aromatic N) is 1. The predicted octanol–water partition coefficient (Wildman–Crippen LogP) is 0.984. The van der Waals surface area contributed by atoms with Gasteiger partial charge in [-0.1, -0.05) is 11.8 Å². The van der Waals surface area contributed by atoms with Gasteiger partial charge in [0.15, 0.2) is 5.16 Å². The summed E-state index contributed by atoms with van der Waals surface area (Å²) in [6.45, 7) is 3.88. The first-order chi connectivity index (χ1) is 9.43. The highest BCUT2D eigenvalue weighted by Gasteiger charge is 2.43. The standard InChI is InChI=1S/C13H19N3O3S/c1-3-19-11(18)13(14)5-4-9(7-13)20-12-15-8(2)6-10(17)16-12/h6,9H,3-5,7,14H2,1-2H3,(H,15,16,17). The molecule has 110 valence electrons. The summed E-state index contributed by atoms with van der Waals surface area (Å²) in [5.41, 5.74) is 5.72. The zero-order valence-corrected chi connectivity index (χ0v) is 12.5. The molecule has 2 unspecified atom stereocenters. The van der Waals surface area contributed by atoms with Crippen LogP contribution in [0.3, 0.4) is 0 Å². The van der Waals surface area contributed by atoms with Crippen LogP contribution in [0.1, 0.15) is 31.9 Å². The summed E-state index contributed by atoms with van der Waals surface area (Å²) >= 11 is 1.46. The Morgan fingerprint density at radius 2 is 2.45 bits per heavy atom. The van der Waals surface area contributed by atoms with Gasteiger partial charge in [0, 0.05) is 17.0 Å². The van der Waals surface area contributed by atoms with Crippen LogP contribution in [-0.4, -0.2) is 33.3 Å². The third-order valence-electron chi connectivity index (χ3n) is 3.31. The van der Waals surface area contributed by atoms with Crippen molar-refractivity contribution in [2.45, 2.75) is 49.1 Å². The first-order valence-corrected chi connectivity index (χ1v) is 7.51. The normalized spacial score (nSPS) is 25.6. The molecule has 0 aromatic carbocycles. The maximum atomic E-state index is 11.8. The van der Waals surface area contributed by atoms with Crippen molar-refractivity contribution in [2.75, 3.05) is 6.61 Å².